The smallest absolute Gasteiger partial charge is 0.146 e. The summed E-state index contributed by atoms with van der Waals surface area (Å²) in [6, 6.07) is 17.4. The summed E-state index contributed by atoms with van der Waals surface area (Å²) < 4.78 is 5.92. The molecule has 0 atom stereocenters. The molecule has 0 unspecified atom stereocenters. The van der Waals surface area contributed by atoms with E-state index in [2.05, 4.69) is 5.32 Å². The standard InChI is InChI=1S/C16H16ClNO/c1-18-12-11-15(13-7-3-2-4-8-13)19-16-10-6-5-9-14(16)17/h2-11,18H,12H2,1H3/b15-11+. The average Bonchev–Trinajstić information content (AvgIpc) is 2.46. The van der Waals surface area contributed by atoms with Gasteiger partial charge >= 0.3 is 0 Å². The fourth-order valence-corrected chi connectivity index (χ4v) is 1.84. The van der Waals surface area contributed by atoms with Crippen molar-refractivity contribution in [2.75, 3.05) is 13.6 Å². The minimum atomic E-state index is 0.605. The summed E-state index contributed by atoms with van der Waals surface area (Å²) in [5.41, 5.74) is 1.03. The molecule has 0 amide bonds. The number of rotatable bonds is 5. The molecule has 0 spiro atoms. The molecule has 0 saturated carbocycles. The van der Waals surface area contributed by atoms with Crippen LogP contribution < -0.4 is 10.1 Å². The van der Waals surface area contributed by atoms with E-state index in [9.17, 15) is 0 Å². The lowest BCUT2D eigenvalue weighted by atomic mass is 10.2. The predicted octanol–water partition coefficient (Wildman–Crippen LogP) is 3.98. The highest BCUT2D eigenvalue weighted by molar-refractivity contribution is 6.32. The van der Waals surface area contributed by atoms with Crippen molar-refractivity contribution in [1.82, 2.24) is 5.32 Å². The molecular formula is C16H16ClNO. The van der Waals surface area contributed by atoms with Crippen LogP contribution in [0.3, 0.4) is 0 Å². The molecule has 0 aliphatic rings. The van der Waals surface area contributed by atoms with E-state index in [0.29, 0.717) is 10.8 Å². The molecule has 2 aromatic carbocycles. The number of halogens is 1. The quantitative estimate of drug-likeness (QED) is 0.832. The zero-order valence-electron chi connectivity index (χ0n) is 10.8. The molecule has 2 rings (SSSR count). The Morgan fingerprint density at radius 1 is 1.11 bits per heavy atom. The lowest BCUT2D eigenvalue weighted by Crippen LogP contribution is -2.07. The van der Waals surface area contributed by atoms with Crippen molar-refractivity contribution < 1.29 is 4.74 Å². The Morgan fingerprint density at radius 2 is 1.79 bits per heavy atom. The fourth-order valence-electron chi connectivity index (χ4n) is 1.66. The van der Waals surface area contributed by atoms with E-state index in [1.807, 2.05) is 67.7 Å². The third-order valence-electron chi connectivity index (χ3n) is 2.61. The van der Waals surface area contributed by atoms with Gasteiger partial charge in [0.1, 0.15) is 11.5 Å². The lowest BCUT2D eigenvalue weighted by Gasteiger charge is -2.12. The third kappa shape index (κ3) is 3.85. The predicted molar refractivity (Wildman–Crippen MR) is 80.4 cm³/mol. The van der Waals surface area contributed by atoms with Crippen LogP contribution in [0.25, 0.3) is 5.76 Å². The van der Waals surface area contributed by atoms with E-state index in [0.717, 1.165) is 17.9 Å². The molecule has 0 aliphatic carbocycles. The molecule has 3 heteroatoms. The van der Waals surface area contributed by atoms with Crippen molar-refractivity contribution in [2.24, 2.45) is 0 Å². The maximum Gasteiger partial charge on any atom is 0.146 e. The topological polar surface area (TPSA) is 21.3 Å². The summed E-state index contributed by atoms with van der Waals surface area (Å²) in [5.74, 6) is 1.46. The van der Waals surface area contributed by atoms with E-state index >= 15 is 0 Å². The van der Waals surface area contributed by atoms with Gasteiger partial charge in [-0.05, 0) is 25.3 Å². The summed E-state index contributed by atoms with van der Waals surface area (Å²) >= 11 is 6.12. The molecule has 0 aromatic heterocycles. The van der Waals surface area contributed by atoms with Gasteiger partial charge in [-0.1, -0.05) is 54.1 Å². The molecular weight excluding hydrogens is 258 g/mol. The summed E-state index contributed by atoms with van der Waals surface area (Å²) in [6.45, 7) is 0.731. The van der Waals surface area contributed by atoms with Crippen LogP contribution in [0, 0.1) is 0 Å². The molecule has 0 radical (unpaired) electrons. The first-order chi connectivity index (χ1) is 9.31. The summed E-state index contributed by atoms with van der Waals surface area (Å²) in [4.78, 5) is 0. The summed E-state index contributed by atoms with van der Waals surface area (Å²) in [5, 5.41) is 3.68. The Hall–Kier alpha value is -1.77. The van der Waals surface area contributed by atoms with Gasteiger partial charge in [-0.25, -0.2) is 0 Å². The first-order valence-electron chi connectivity index (χ1n) is 6.14. The Morgan fingerprint density at radius 3 is 2.47 bits per heavy atom. The minimum Gasteiger partial charge on any atom is -0.455 e. The molecule has 19 heavy (non-hydrogen) atoms. The maximum absolute atomic E-state index is 6.12. The van der Waals surface area contributed by atoms with Crippen LogP contribution in [0.4, 0.5) is 0 Å². The molecule has 0 bridgehead atoms. The number of para-hydroxylation sites is 1. The number of hydrogen-bond donors (Lipinski definition) is 1. The molecule has 0 aliphatic heterocycles. The molecule has 98 valence electrons. The Bertz CT molecular complexity index is 552. The van der Waals surface area contributed by atoms with Crippen molar-refractivity contribution in [2.45, 2.75) is 0 Å². The van der Waals surface area contributed by atoms with Crippen LogP contribution in [0.1, 0.15) is 5.56 Å². The van der Waals surface area contributed by atoms with Crippen LogP contribution in [0.2, 0.25) is 5.02 Å². The number of nitrogens with one attached hydrogen (secondary N) is 1. The maximum atomic E-state index is 6.12. The highest BCUT2D eigenvalue weighted by atomic mass is 35.5. The normalized spacial score (nSPS) is 11.4. The van der Waals surface area contributed by atoms with E-state index in [4.69, 9.17) is 16.3 Å². The lowest BCUT2D eigenvalue weighted by molar-refractivity contribution is 0.513. The van der Waals surface area contributed by atoms with Crippen molar-refractivity contribution in [1.29, 1.82) is 0 Å². The molecule has 0 fully saturated rings. The Balaban J connectivity index is 2.27. The van der Waals surface area contributed by atoms with Gasteiger partial charge < -0.3 is 10.1 Å². The van der Waals surface area contributed by atoms with Crippen molar-refractivity contribution in [3.8, 4) is 5.75 Å². The zero-order valence-corrected chi connectivity index (χ0v) is 11.5. The highest BCUT2D eigenvalue weighted by Gasteiger charge is 2.06. The van der Waals surface area contributed by atoms with Crippen LogP contribution in [-0.4, -0.2) is 13.6 Å². The number of benzene rings is 2. The van der Waals surface area contributed by atoms with Gasteiger partial charge in [0.15, 0.2) is 0 Å². The van der Waals surface area contributed by atoms with E-state index < -0.39 is 0 Å². The van der Waals surface area contributed by atoms with Crippen LogP contribution in [-0.2, 0) is 0 Å². The summed E-state index contributed by atoms with van der Waals surface area (Å²) in [7, 11) is 1.90. The van der Waals surface area contributed by atoms with Gasteiger partial charge in [-0.2, -0.15) is 0 Å². The second-order valence-corrected chi connectivity index (χ2v) is 4.43. The Labute approximate surface area is 118 Å². The minimum absolute atomic E-state index is 0.605. The number of hydrogen-bond acceptors (Lipinski definition) is 2. The second kappa shape index (κ2) is 6.98. The monoisotopic (exact) mass is 273 g/mol. The van der Waals surface area contributed by atoms with Gasteiger partial charge in [-0.3, -0.25) is 0 Å². The van der Waals surface area contributed by atoms with Crippen LogP contribution >= 0.6 is 11.6 Å². The molecule has 1 N–H and O–H groups in total. The van der Waals surface area contributed by atoms with Gasteiger partial charge in [0, 0.05) is 12.1 Å². The van der Waals surface area contributed by atoms with Gasteiger partial charge in [0.25, 0.3) is 0 Å². The van der Waals surface area contributed by atoms with Crippen LogP contribution in [0.15, 0.2) is 60.7 Å². The summed E-state index contributed by atoms with van der Waals surface area (Å²) in [6.07, 6.45) is 2.00. The van der Waals surface area contributed by atoms with E-state index in [-0.39, 0.29) is 0 Å². The SMILES string of the molecule is CNC/C=C(/Oc1ccccc1Cl)c1ccccc1. The van der Waals surface area contributed by atoms with Crippen molar-refractivity contribution >= 4 is 17.4 Å². The van der Waals surface area contributed by atoms with Crippen molar-refractivity contribution in [3.63, 3.8) is 0 Å². The van der Waals surface area contributed by atoms with E-state index in [1.165, 1.54) is 0 Å². The molecule has 2 aromatic rings. The average molecular weight is 274 g/mol. The van der Waals surface area contributed by atoms with Gasteiger partial charge in [-0.15, -0.1) is 0 Å². The molecule has 0 heterocycles. The fraction of sp³-hybridized carbons (Fsp3) is 0.125. The van der Waals surface area contributed by atoms with Gasteiger partial charge in [0.05, 0.1) is 5.02 Å². The Kier molecular flexibility index (Phi) is 5.01. The molecule has 2 nitrogen and oxygen atoms in total. The second-order valence-electron chi connectivity index (χ2n) is 4.02. The van der Waals surface area contributed by atoms with Crippen molar-refractivity contribution in [3.05, 3.63) is 71.3 Å². The number of ether oxygens (including phenoxy) is 1. The zero-order chi connectivity index (χ0) is 13.5. The van der Waals surface area contributed by atoms with Crippen LogP contribution in [0.5, 0.6) is 5.75 Å². The first kappa shape index (κ1) is 13.7. The first-order valence-corrected chi connectivity index (χ1v) is 6.51. The van der Waals surface area contributed by atoms with Gasteiger partial charge in [0.2, 0.25) is 0 Å². The molecule has 0 saturated heterocycles. The third-order valence-corrected chi connectivity index (χ3v) is 2.92. The van der Waals surface area contributed by atoms with E-state index in [1.54, 1.807) is 0 Å². The highest BCUT2D eigenvalue weighted by Crippen LogP contribution is 2.28. The largest absolute Gasteiger partial charge is 0.455 e. The number of likely N-dealkylation sites (N-methyl/N-ethyl adjacent to an activating group) is 1.